The van der Waals surface area contributed by atoms with Gasteiger partial charge in [-0.05, 0) is 48.6 Å². The Hall–Kier alpha value is -2.32. The van der Waals surface area contributed by atoms with Crippen molar-refractivity contribution in [3.05, 3.63) is 23.3 Å². The van der Waals surface area contributed by atoms with Crippen LogP contribution in [0, 0.1) is 0 Å². The van der Waals surface area contributed by atoms with Crippen LogP contribution in [0.25, 0.3) is 0 Å². The number of methoxy groups -OCH3 is 2. The smallest absolute Gasteiger partial charge is 0.305 e. The average Bonchev–Trinajstić information content (AvgIpc) is 2.75. The molecule has 194 valence electrons. The van der Waals surface area contributed by atoms with E-state index in [0.717, 1.165) is 0 Å². The number of ether oxygens (including phenoxy) is 4. The molecule has 34 heavy (non-hydrogen) atoms. The van der Waals surface area contributed by atoms with Gasteiger partial charge in [0, 0.05) is 38.2 Å². The van der Waals surface area contributed by atoms with Crippen molar-refractivity contribution >= 4 is 11.9 Å². The van der Waals surface area contributed by atoms with Crippen LogP contribution in [0.4, 0.5) is 0 Å². The number of rotatable bonds is 16. The molecule has 1 rings (SSSR count). The Bertz CT molecular complexity index is 720. The van der Waals surface area contributed by atoms with Crippen molar-refractivity contribution < 1.29 is 38.7 Å². The molecule has 0 spiro atoms. The fourth-order valence-corrected chi connectivity index (χ4v) is 3.90. The lowest BCUT2D eigenvalue weighted by atomic mass is 9.75. The van der Waals surface area contributed by atoms with Crippen LogP contribution in [-0.4, -0.2) is 62.8 Å². The quantitative estimate of drug-likeness (QED) is 0.203. The molecule has 0 saturated heterocycles. The summed E-state index contributed by atoms with van der Waals surface area (Å²) in [7, 11) is 3.10. The van der Waals surface area contributed by atoms with Crippen LogP contribution >= 0.6 is 0 Å². The summed E-state index contributed by atoms with van der Waals surface area (Å²) in [5.74, 6) is -0.348. The van der Waals surface area contributed by atoms with E-state index in [1.165, 1.54) is 0 Å². The third kappa shape index (κ3) is 9.89. The first kappa shape index (κ1) is 29.7. The minimum Gasteiger partial charge on any atom is -0.508 e. The first-order valence-electron chi connectivity index (χ1n) is 11.8. The second-order valence-corrected chi connectivity index (χ2v) is 9.79. The highest BCUT2D eigenvalue weighted by Crippen LogP contribution is 2.43. The largest absolute Gasteiger partial charge is 0.508 e. The van der Waals surface area contributed by atoms with Gasteiger partial charge >= 0.3 is 11.9 Å². The van der Waals surface area contributed by atoms with Crippen molar-refractivity contribution in [2.24, 2.45) is 0 Å². The van der Waals surface area contributed by atoms with Crippen LogP contribution in [0.2, 0.25) is 0 Å². The van der Waals surface area contributed by atoms with Crippen LogP contribution in [0.5, 0.6) is 11.5 Å². The summed E-state index contributed by atoms with van der Waals surface area (Å²) in [6.45, 7) is 9.08. The molecule has 1 aromatic carbocycles. The molecule has 0 unspecified atom stereocenters. The molecule has 0 aliphatic carbocycles. The van der Waals surface area contributed by atoms with Gasteiger partial charge in [-0.15, -0.1) is 0 Å². The maximum Gasteiger partial charge on any atom is 0.305 e. The second-order valence-electron chi connectivity index (χ2n) is 9.79. The van der Waals surface area contributed by atoms with E-state index in [1.54, 1.807) is 26.4 Å². The van der Waals surface area contributed by atoms with Gasteiger partial charge in [0.05, 0.1) is 13.2 Å². The third-order valence-electron chi connectivity index (χ3n) is 6.04. The maximum atomic E-state index is 11.8. The number of aromatic hydroxyl groups is 2. The Morgan fingerprint density at radius 3 is 1.38 bits per heavy atom. The van der Waals surface area contributed by atoms with E-state index in [1.807, 2.05) is 27.7 Å². The number of hydrogen-bond donors (Lipinski definition) is 2. The van der Waals surface area contributed by atoms with Gasteiger partial charge in [-0.3, -0.25) is 9.59 Å². The van der Waals surface area contributed by atoms with Crippen molar-refractivity contribution in [3.63, 3.8) is 0 Å². The van der Waals surface area contributed by atoms with E-state index in [2.05, 4.69) is 0 Å². The molecular weight excluding hydrogens is 440 g/mol. The molecule has 0 saturated carbocycles. The van der Waals surface area contributed by atoms with Crippen molar-refractivity contribution in [2.45, 2.75) is 77.0 Å². The summed E-state index contributed by atoms with van der Waals surface area (Å²) < 4.78 is 19.9. The molecular formula is C26H42O8. The average molecular weight is 483 g/mol. The predicted octanol–water partition coefficient (Wildman–Crippen LogP) is 4.37. The normalized spacial score (nSPS) is 11.9. The first-order valence-corrected chi connectivity index (χ1v) is 11.8. The van der Waals surface area contributed by atoms with Gasteiger partial charge in [-0.2, -0.15) is 0 Å². The highest BCUT2D eigenvalue weighted by atomic mass is 16.6. The van der Waals surface area contributed by atoms with Gasteiger partial charge in [0.25, 0.3) is 0 Å². The number of hydrogen-bond acceptors (Lipinski definition) is 8. The molecule has 8 heteroatoms. The summed E-state index contributed by atoms with van der Waals surface area (Å²) in [4.78, 5) is 23.6. The van der Waals surface area contributed by atoms with Crippen LogP contribution in [-0.2, 0) is 39.4 Å². The fraction of sp³-hybridized carbons (Fsp3) is 0.692. The molecule has 8 nitrogen and oxygen atoms in total. The lowest BCUT2D eigenvalue weighted by Crippen LogP contribution is -2.21. The van der Waals surface area contributed by atoms with E-state index < -0.39 is 10.8 Å². The van der Waals surface area contributed by atoms with Crippen molar-refractivity contribution in [1.82, 2.24) is 0 Å². The summed E-state index contributed by atoms with van der Waals surface area (Å²) in [5.41, 5.74) is 0.337. The van der Waals surface area contributed by atoms with Gasteiger partial charge in [-0.25, -0.2) is 0 Å². The lowest BCUT2D eigenvalue weighted by Gasteiger charge is -2.30. The number of carbonyl (C=O) groups is 2. The molecule has 0 aliphatic heterocycles. The highest BCUT2D eigenvalue weighted by Gasteiger charge is 2.30. The molecule has 0 atom stereocenters. The fourth-order valence-electron chi connectivity index (χ4n) is 3.90. The minimum atomic E-state index is -0.455. The van der Waals surface area contributed by atoms with Crippen LogP contribution in [0.1, 0.15) is 77.3 Å². The van der Waals surface area contributed by atoms with E-state index in [4.69, 9.17) is 18.9 Å². The van der Waals surface area contributed by atoms with Crippen molar-refractivity contribution in [2.75, 3.05) is 40.6 Å². The van der Waals surface area contributed by atoms with E-state index in [9.17, 15) is 19.8 Å². The molecule has 0 heterocycles. The Morgan fingerprint density at radius 2 is 1.06 bits per heavy atom. The van der Waals surface area contributed by atoms with Crippen LogP contribution < -0.4 is 0 Å². The summed E-state index contributed by atoms with van der Waals surface area (Å²) in [5, 5.41) is 21.6. The van der Waals surface area contributed by atoms with E-state index in [0.29, 0.717) is 50.0 Å². The number of phenolic OH excluding ortho intramolecular Hbond substituents is 2. The number of carbonyl (C=O) groups excluding carboxylic acids is 2. The zero-order chi connectivity index (χ0) is 25.8. The molecule has 0 radical (unpaired) electrons. The topological polar surface area (TPSA) is 112 Å². The SMILES string of the molecule is COCCOC(=O)CCCC(C)(C)c1cc(O)c(C(C)(C)CCCC(=O)OCCOC)cc1O. The Morgan fingerprint density at radius 1 is 0.706 bits per heavy atom. The summed E-state index contributed by atoms with van der Waals surface area (Å²) >= 11 is 0. The molecule has 1 aromatic rings. The highest BCUT2D eigenvalue weighted by molar-refractivity contribution is 5.69. The van der Waals surface area contributed by atoms with Crippen LogP contribution in [0.3, 0.4) is 0 Å². The lowest BCUT2D eigenvalue weighted by molar-refractivity contribution is -0.146. The number of phenols is 2. The molecule has 0 amide bonds. The Kier molecular flexibility index (Phi) is 12.4. The molecule has 0 aromatic heterocycles. The van der Waals surface area contributed by atoms with Gasteiger partial charge in [0.15, 0.2) is 0 Å². The Balaban J connectivity index is 2.74. The summed E-state index contributed by atoms with van der Waals surface area (Å²) in [6.07, 6.45) is 3.00. The molecule has 0 bridgehead atoms. The molecule has 0 aliphatic rings. The van der Waals surface area contributed by atoms with Gasteiger partial charge in [0.1, 0.15) is 24.7 Å². The number of esters is 2. The van der Waals surface area contributed by atoms with Crippen LogP contribution in [0.15, 0.2) is 12.1 Å². The number of benzene rings is 1. The second kappa shape index (κ2) is 14.2. The summed E-state index contributed by atoms with van der Waals surface area (Å²) in [6, 6.07) is 3.23. The monoisotopic (exact) mass is 482 g/mol. The molecule has 2 N–H and O–H groups in total. The first-order chi connectivity index (χ1) is 15.9. The predicted molar refractivity (Wildman–Crippen MR) is 129 cm³/mol. The maximum absolute atomic E-state index is 11.8. The van der Waals surface area contributed by atoms with E-state index in [-0.39, 0.29) is 49.5 Å². The minimum absolute atomic E-state index is 0.104. The Labute approximate surface area is 203 Å². The van der Waals surface area contributed by atoms with Crippen molar-refractivity contribution in [3.8, 4) is 11.5 Å². The van der Waals surface area contributed by atoms with Gasteiger partial charge in [-0.1, -0.05) is 27.7 Å². The van der Waals surface area contributed by atoms with Crippen molar-refractivity contribution in [1.29, 1.82) is 0 Å². The zero-order valence-corrected chi connectivity index (χ0v) is 21.6. The van der Waals surface area contributed by atoms with Gasteiger partial charge in [0.2, 0.25) is 0 Å². The zero-order valence-electron chi connectivity index (χ0n) is 21.6. The molecule has 0 fully saturated rings. The standard InChI is InChI=1S/C26H42O8/c1-25(2,11-7-9-23(29)33-15-13-31-5)19-17-22(28)20(18-21(19)27)26(3,4)12-8-10-24(30)34-16-14-32-6/h17-18,27-28H,7-16H2,1-6H3. The third-order valence-corrected chi connectivity index (χ3v) is 6.04. The van der Waals surface area contributed by atoms with E-state index >= 15 is 0 Å². The van der Waals surface area contributed by atoms with Gasteiger partial charge < -0.3 is 29.2 Å².